The highest BCUT2D eigenvalue weighted by Crippen LogP contribution is 2.42. The van der Waals surface area contributed by atoms with E-state index in [0.29, 0.717) is 23.2 Å². The van der Waals surface area contributed by atoms with Crippen LogP contribution in [-0.4, -0.2) is 27.9 Å². The number of likely N-dealkylation sites (N-methyl/N-ethyl adjacent to an activating group) is 1. The minimum absolute atomic E-state index is 0.0153. The minimum atomic E-state index is -2.00. The van der Waals surface area contributed by atoms with Gasteiger partial charge in [-0.1, -0.05) is 79.7 Å². The molecule has 0 atom stereocenters. The van der Waals surface area contributed by atoms with Crippen molar-refractivity contribution in [3.63, 3.8) is 0 Å². The number of hydrogen-bond acceptors (Lipinski definition) is 2. The Kier molecular flexibility index (Phi) is 10.0. The molecule has 5 heteroatoms. The lowest BCUT2D eigenvalue weighted by molar-refractivity contribution is -0.115. The minimum Gasteiger partial charge on any atom is -0.412 e. The van der Waals surface area contributed by atoms with E-state index in [-0.39, 0.29) is 5.91 Å². The first-order valence-electron chi connectivity index (χ1n) is 10.8. The van der Waals surface area contributed by atoms with E-state index in [1.54, 1.807) is 4.90 Å². The van der Waals surface area contributed by atoms with Gasteiger partial charge >= 0.3 is 0 Å². The molecule has 1 aromatic rings. The molecule has 0 spiro atoms. The van der Waals surface area contributed by atoms with Crippen molar-refractivity contribution in [2.24, 2.45) is 5.41 Å². The summed E-state index contributed by atoms with van der Waals surface area (Å²) >= 11 is 2.27. The van der Waals surface area contributed by atoms with E-state index in [1.807, 2.05) is 57.3 Å². The molecule has 0 saturated carbocycles. The zero-order chi connectivity index (χ0) is 23.3. The summed E-state index contributed by atoms with van der Waals surface area (Å²) in [5.41, 5.74) is 2.69. The first kappa shape index (κ1) is 27.1. The Morgan fingerprint density at radius 3 is 2.07 bits per heavy atom. The molecule has 0 radical (unpaired) electrons. The van der Waals surface area contributed by atoms with Crippen molar-refractivity contribution in [1.29, 1.82) is 0 Å². The van der Waals surface area contributed by atoms with Gasteiger partial charge in [0.25, 0.3) is 5.91 Å². The van der Waals surface area contributed by atoms with Crippen LogP contribution in [0.2, 0.25) is 16.6 Å². The third-order valence-corrected chi connectivity index (χ3v) is 13.3. The van der Waals surface area contributed by atoms with Crippen LogP contribution in [0.5, 0.6) is 0 Å². The highest BCUT2D eigenvalue weighted by atomic mass is 127. The molecule has 0 aliphatic heterocycles. The van der Waals surface area contributed by atoms with Gasteiger partial charge in [0.1, 0.15) is 0 Å². The normalized spacial score (nSPS) is 13.3. The Hall–Kier alpha value is -0.923. The Bertz CT molecular complexity index is 746. The number of amides is 1. The monoisotopic (exact) mass is 541 g/mol. The van der Waals surface area contributed by atoms with Crippen LogP contribution in [0.1, 0.15) is 55.4 Å². The molecule has 0 fully saturated rings. The quantitative estimate of drug-likeness (QED) is 0.132. The van der Waals surface area contributed by atoms with E-state index in [1.165, 1.54) is 0 Å². The number of rotatable bonds is 10. The van der Waals surface area contributed by atoms with Crippen molar-refractivity contribution < 1.29 is 9.22 Å². The molecule has 0 aliphatic carbocycles. The molecule has 1 rings (SSSR count). The van der Waals surface area contributed by atoms with Crippen LogP contribution in [0.25, 0.3) is 0 Å². The van der Waals surface area contributed by atoms with Crippen LogP contribution in [0.3, 0.4) is 0 Å². The van der Waals surface area contributed by atoms with Crippen LogP contribution in [0.15, 0.2) is 48.6 Å². The second-order valence-corrected chi connectivity index (χ2v) is 16.1. The summed E-state index contributed by atoms with van der Waals surface area (Å²) in [6.45, 7) is 22.2. The van der Waals surface area contributed by atoms with Crippen LogP contribution < -0.4 is 4.90 Å². The molecule has 0 aliphatic rings. The number of carbonyl (C=O) groups excluding carboxylic acids is 1. The third-order valence-electron chi connectivity index (χ3n) is 6.28. The van der Waals surface area contributed by atoms with Gasteiger partial charge in [-0.05, 0) is 51.3 Å². The van der Waals surface area contributed by atoms with Crippen molar-refractivity contribution in [3.05, 3.63) is 52.1 Å². The molecule has 0 unspecified atom stereocenters. The molecule has 3 nitrogen and oxygen atoms in total. The number of nitrogens with zero attached hydrogens (tertiary/aromatic N) is 1. The number of halogens is 1. The van der Waals surface area contributed by atoms with Gasteiger partial charge in [-0.15, -0.1) is 6.58 Å². The number of benzene rings is 1. The fourth-order valence-corrected chi connectivity index (χ4v) is 10.6. The Morgan fingerprint density at radius 2 is 1.63 bits per heavy atom. The highest BCUT2D eigenvalue weighted by Gasteiger charge is 2.45. The molecule has 1 aromatic carbocycles. The predicted molar refractivity (Wildman–Crippen MR) is 142 cm³/mol. The standard InChI is InChI=1S/C25H40INO2Si/c1-11-25(8,9)21(24(28)27(10)23-15-13-12-14-22(23)26)16-17-29-30(18(2)3,19(4)5)20(6)7/h11-16,18-20H,1,17H2,2-10H3/b21-16-. The summed E-state index contributed by atoms with van der Waals surface area (Å²) in [6, 6.07) is 7.93. The van der Waals surface area contributed by atoms with Gasteiger partial charge in [0.05, 0.1) is 12.3 Å². The molecule has 30 heavy (non-hydrogen) atoms. The van der Waals surface area contributed by atoms with Crippen molar-refractivity contribution in [1.82, 2.24) is 0 Å². The Morgan fingerprint density at radius 1 is 1.13 bits per heavy atom. The average Bonchev–Trinajstić information content (AvgIpc) is 2.66. The van der Waals surface area contributed by atoms with E-state index in [4.69, 9.17) is 4.43 Å². The van der Waals surface area contributed by atoms with E-state index < -0.39 is 13.7 Å². The van der Waals surface area contributed by atoms with Gasteiger partial charge in [-0.3, -0.25) is 4.79 Å². The maximum Gasteiger partial charge on any atom is 0.254 e. The summed E-state index contributed by atoms with van der Waals surface area (Å²) < 4.78 is 7.74. The number of carbonyl (C=O) groups is 1. The molecule has 0 aromatic heterocycles. The van der Waals surface area contributed by atoms with E-state index in [9.17, 15) is 4.79 Å². The fraction of sp³-hybridized carbons (Fsp3) is 0.560. The van der Waals surface area contributed by atoms with E-state index in [2.05, 4.69) is 70.7 Å². The van der Waals surface area contributed by atoms with E-state index >= 15 is 0 Å². The lowest BCUT2D eigenvalue weighted by Crippen LogP contribution is -2.48. The van der Waals surface area contributed by atoms with Crippen molar-refractivity contribution in [2.45, 2.75) is 72.0 Å². The summed E-state index contributed by atoms with van der Waals surface area (Å²) in [5.74, 6) is -0.0153. The lowest BCUT2D eigenvalue weighted by atomic mass is 9.83. The van der Waals surface area contributed by atoms with Crippen LogP contribution >= 0.6 is 22.6 Å². The van der Waals surface area contributed by atoms with Gasteiger partial charge in [0, 0.05) is 21.6 Å². The maximum atomic E-state index is 13.5. The second-order valence-electron chi connectivity index (χ2n) is 9.49. The largest absolute Gasteiger partial charge is 0.412 e. The molecule has 168 valence electrons. The SMILES string of the molecule is C=CC(C)(C)/C(=C\CO[Si](C(C)C)(C(C)C)C(C)C)C(=O)N(C)c1ccccc1I. The number of hydrogen-bond donors (Lipinski definition) is 0. The number of anilines is 1. The molecule has 0 saturated heterocycles. The number of para-hydroxylation sites is 1. The van der Waals surface area contributed by atoms with Crippen molar-refractivity contribution in [2.75, 3.05) is 18.6 Å². The van der Waals surface area contributed by atoms with Gasteiger partial charge in [-0.25, -0.2) is 0 Å². The first-order chi connectivity index (χ1) is 13.8. The van der Waals surface area contributed by atoms with Crippen LogP contribution in [0.4, 0.5) is 5.69 Å². The maximum absolute atomic E-state index is 13.5. The van der Waals surface area contributed by atoms with Crippen molar-refractivity contribution >= 4 is 42.5 Å². The predicted octanol–water partition coefficient (Wildman–Crippen LogP) is 7.58. The first-order valence-corrected chi connectivity index (χ1v) is 14.1. The summed E-state index contributed by atoms with van der Waals surface area (Å²) in [6.07, 6.45) is 3.84. The van der Waals surface area contributed by atoms with Crippen molar-refractivity contribution in [3.8, 4) is 0 Å². The Balaban J connectivity index is 3.29. The third kappa shape index (κ3) is 5.86. The smallest absolute Gasteiger partial charge is 0.254 e. The lowest BCUT2D eigenvalue weighted by Gasteiger charge is -2.42. The summed E-state index contributed by atoms with van der Waals surface area (Å²) in [7, 11) is -0.159. The van der Waals surface area contributed by atoms with E-state index in [0.717, 1.165) is 14.8 Å². The molecular weight excluding hydrogens is 501 g/mol. The molecule has 0 heterocycles. The van der Waals surface area contributed by atoms with Crippen LogP contribution in [0, 0.1) is 8.99 Å². The van der Waals surface area contributed by atoms with Gasteiger partial charge < -0.3 is 9.33 Å². The second kappa shape index (κ2) is 11.1. The molecule has 1 amide bonds. The number of allylic oxidation sites excluding steroid dienone is 1. The average molecular weight is 542 g/mol. The van der Waals surface area contributed by atoms with Crippen LogP contribution in [-0.2, 0) is 9.22 Å². The van der Waals surface area contributed by atoms with Gasteiger partial charge in [0.15, 0.2) is 0 Å². The fourth-order valence-electron chi connectivity index (χ4n) is 4.52. The zero-order valence-electron chi connectivity index (χ0n) is 20.3. The molecule has 0 bridgehead atoms. The zero-order valence-corrected chi connectivity index (χ0v) is 23.4. The van der Waals surface area contributed by atoms with Gasteiger partial charge in [0.2, 0.25) is 8.32 Å². The summed E-state index contributed by atoms with van der Waals surface area (Å²) in [4.78, 5) is 15.3. The van der Waals surface area contributed by atoms with Gasteiger partial charge in [-0.2, -0.15) is 0 Å². The highest BCUT2D eigenvalue weighted by molar-refractivity contribution is 14.1. The Labute approximate surface area is 199 Å². The summed E-state index contributed by atoms with van der Waals surface area (Å²) in [5, 5.41) is 0. The topological polar surface area (TPSA) is 29.5 Å². The molecule has 0 N–H and O–H groups in total. The molecular formula is C25H40INO2Si.